The van der Waals surface area contributed by atoms with Crippen LogP contribution < -0.4 is 9.80 Å². The van der Waals surface area contributed by atoms with Gasteiger partial charge < -0.3 is 9.80 Å². The first kappa shape index (κ1) is 15.6. The molecule has 1 aliphatic heterocycles. The van der Waals surface area contributed by atoms with Gasteiger partial charge in [0.25, 0.3) is 0 Å². The first-order chi connectivity index (χ1) is 11.1. The number of halogens is 1. The summed E-state index contributed by atoms with van der Waals surface area (Å²) in [5, 5.41) is 0.456. The fourth-order valence-corrected chi connectivity index (χ4v) is 3.09. The van der Waals surface area contributed by atoms with Crippen LogP contribution in [0.4, 0.5) is 11.4 Å². The second-order valence-electron chi connectivity index (χ2n) is 5.48. The first-order valence-corrected chi connectivity index (χ1v) is 7.86. The van der Waals surface area contributed by atoms with Crippen molar-refractivity contribution in [3.63, 3.8) is 0 Å². The highest BCUT2D eigenvalue weighted by Gasteiger charge is 2.27. The zero-order valence-electron chi connectivity index (χ0n) is 12.8. The second-order valence-corrected chi connectivity index (χ2v) is 5.89. The van der Waals surface area contributed by atoms with Gasteiger partial charge in [-0.05, 0) is 30.2 Å². The number of anilines is 2. The van der Waals surface area contributed by atoms with Gasteiger partial charge in [0.2, 0.25) is 11.8 Å². The molecule has 5 heteroatoms. The molecule has 0 unspecified atom stereocenters. The normalized spacial score (nSPS) is 12.9. The molecule has 0 aliphatic carbocycles. The molecule has 4 nitrogen and oxygen atoms in total. The van der Waals surface area contributed by atoms with Crippen LogP contribution in [-0.4, -0.2) is 24.9 Å². The Hall–Kier alpha value is -2.33. The van der Waals surface area contributed by atoms with Crippen LogP contribution in [0.3, 0.4) is 0 Å². The molecule has 118 valence electrons. The highest BCUT2D eigenvalue weighted by molar-refractivity contribution is 6.33. The van der Waals surface area contributed by atoms with E-state index in [4.69, 9.17) is 11.6 Å². The Labute approximate surface area is 140 Å². The van der Waals surface area contributed by atoms with Crippen LogP contribution >= 0.6 is 11.6 Å². The molecule has 0 atom stereocenters. The summed E-state index contributed by atoms with van der Waals surface area (Å²) in [6.07, 6.45) is 0.841. The minimum atomic E-state index is -0.209. The summed E-state index contributed by atoms with van der Waals surface area (Å²) in [6.45, 7) is 2.06. The maximum atomic E-state index is 12.7. The molecule has 0 N–H and O–H groups in total. The van der Waals surface area contributed by atoms with Crippen LogP contribution in [0.1, 0.15) is 12.5 Å². The van der Waals surface area contributed by atoms with E-state index in [1.807, 2.05) is 24.3 Å². The van der Waals surface area contributed by atoms with E-state index >= 15 is 0 Å². The number of fused-ring (bicyclic) bond motifs is 1. The van der Waals surface area contributed by atoms with E-state index in [9.17, 15) is 9.59 Å². The molecule has 0 fully saturated rings. The average Bonchev–Trinajstić information content (AvgIpc) is 2.97. The van der Waals surface area contributed by atoms with Gasteiger partial charge in [-0.3, -0.25) is 9.59 Å². The minimum Gasteiger partial charge on any atom is -0.310 e. The predicted octanol–water partition coefficient (Wildman–Crippen LogP) is 3.28. The fraction of sp³-hybridized carbons (Fsp3) is 0.222. The minimum absolute atomic E-state index is 0.0204. The van der Waals surface area contributed by atoms with E-state index < -0.39 is 0 Å². The molecular formula is C18H17ClN2O2. The van der Waals surface area contributed by atoms with Crippen LogP contribution in [0.2, 0.25) is 5.02 Å². The van der Waals surface area contributed by atoms with Crippen molar-refractivity contribution in [1.82, 2.24) is 0 Å². The van der Waals surface area contributed by atoms with Crippen molar-refractivity contribution in [2.75, 3.05) is 22.9 Å². The van der Waals surface area contributed by atoms with E-state index in [1.54, 1.807) is 29.2 Å². The fourth-order valence-electron chi connectivity index (χ4n) is 2.85. The van der Waals surface area contributed by atoms with Crippen molar-refractivity contribution in [3.05, 3.63) is 59.1 Å². The lowest BCUT2D eigenvalue weighted by Crippen LogP contribution is -2.42. The smallest absolute Gasteiger partial charge is 0.247 e. The molecule has 0 radical (unpaired) electrons. The number of carbonyl (C=O) groups excluding carboxylic acids is 2. The highest BCUT2D eigenvalue weighted by atomic mass is 35.5. The summed E-state index contributed by atoms with van der Waals surface area (Å²) in [7, 11) is 0. The lowest BCUT2D eigenvalue weighted by Gasteiger charge is -2.25. The Bertz CT molecular complexity index is 760. The van der Waals surface area contributed by atoms with Gasteiger partial charge in [-0.25, -0.2) is 0 Å². The summed E-state index contributed by atoms with van der Waals surface area (Å²) in [5.74, 6) is -0.316. The third-order valence-electron chi connectivity index (χ3n) is 4.00. The SMILES string of the molecule is CC(=O)N(CC(=O)N1CCc2ccccc21)c1ccccc1Cl. The van der Waals surface area contributed by atoms with Gasteiger partial charge in [0.05, 0.1) is 10.7 Å². The summed E-state index contributed by atoms with van der Waals surface area (Å²) in [6, 6.07) is 14.9. The number of amides is 2. The van der Waals surface area contributed by atoms with Crippen LogP contribution in [0.5, 0.6) is 0 Å². The monoisotopic (exact) mass is 328 g/mol. The van der Waals surface area contributed by atoms with Crippen LogP contribution in [0.15, 0.2) is 48.5 Å². The van der Waals surface area contributed by atoms with Gasteiger partial charge in [-0.1, -0.05) is 41.9 Å². The van der Waals surface area contributed by atoms with Crippen LogP contribution in [0, 0.1) is 0 Å². The Morgan fingerprint density at radius 2 is 1.83 bits per heavy atom. The van der Waals surface area contributed by atoms with Crippen molar-refractivity contribution in [3.8, 4) is 0 Å². The number of hydrogen-bond donors (Lipinski definition) is 0. The van der Waals surface area contributed by atoms with Gasteiger partial charge in [0, 0.05) is 19.2 Å². The van der Waals surface area contributed by atoms with Gasteiger partial charge >= 0.3 is 0 Å². The second kappa shape index (κ2) is 6.42. The van der Waals surface area contributed by atoms with E-state index in [2.05, 4.69) is 0 Å². The summed E-state index contributed by atoms with van der Waals surface area (Å²) < 4.78 is 0. The Morgan fingerprint density at radius 3 is 2.57 bits per heavy atom. The molecule has 0 aromatic heterocycles. The molecule has 2 amide bonds. The Kier molecular flexibility index (Phi) is 4.35. The van der Waals surface area contributed by atoms with E-state index in [0.29, 0.717) is 17.3 Å². The molecule has 0 spiro atoms. The maximum Gasteiger partial charge on any atom is 0.247 e. The third kappa shape index (κ3) is 3.08. The zero-order valence-corrected chi connectivity index (χ0v) is 13.6. The molecule has 23 heavy (non-hydrogen) atoms. The van der Waals surface area contributed by atoms with Crippen molar-refractivity contribution in [2.24, 2.45) is 0 Å². The summed E-state index contributed by atoms with van der Waals surface area (Å²) in [4.78, 5) is 27.8. The molecule has 1 aliphatic rings. The van der Waals surface area contributed by atoms with E-state index in [1.165, 1.54) is 11.8 Å². The number of rotatable bonds is 3. The standard InChI is InChI=1S/C18H17ClN2O2/c1-13(22)21(17-9-5-3-7-15(17)19)12-18(23)20-11-10-14-6-2-4-8-16(14)20/h2-9H,10-12H2,1H3. The predicted molar refractivity (Wildman–Crippen MR) is 92.0 cm³/mol. The lowest BCUT2D eigenvalue weighted by atomic mass is 10.2. The number of hydrogen-bond acceptors (Lipinski definition) is 2. The molecule has 3 rings (SSSR count). The summed E-state index contributed by atoms with van der Waals surface area (Å²) >= 11 is 6.17. The molecule has 0 saturated heterocycles. The molecular weight excluding hydrogens is 312 g/mol. The van der Waals surface area contributed by atoms with Crippen molar-refractivity contribution in [2.45, 2.75) is 13.3 Å². The lowest BCUT2D eigenvalue weighted by molar-refractivity contribution is -0.121. The van der Waals surface area contributed by atoms with Gasteiger partial charge in [-0.2, -0.15) is 0 Å². The van der Waals surface area contributed by atoms with E-state index in [-0.39, 0.29) is 18.4 Å². The van der Waals surface area contributed by atoms with Crippen LogP contribution in [-0.2, 0) is 16.0 Å². The maximum absolute atomic E-state index is 12.7. The zero-order chi connectivity index (χ0) is 16.4. The van der Waals surface area contributed by atoms with Gasteiger partial charge in [0.15, 0.2) is 0 Å². The highest BCUT2D eigenvalue weighted by Crippen LogP contribution is 2.29. The van der Waals surface area contributed by atoms with Gasteiger partial charge in [-0.15, -0.1) is 0 Å². The molecule has 1 heterocycles. The van der Waals surface area contributed by atoms with Gasteiger partial charge in [0.1, 0.15) is 6.54 Å². The number of para-hydroxylation sites is 2. The first-order valence-electron chi connectivity index (χ1n) is 7.49. The molecule has 0 saturated carbocycles. The van der Waals surface area contributed by atoms with Crippen molar-refractivity contribution >= 4 is 34.8 Å². The number of nitrogens with zero attached hydrogens (tertiary/aromatic N) is 2. The third-order valence-corrected chi connectivity index (χ3v) is 4.32. The van der Waals surface area contributed by atoms with Crippen LogP contribution in [0.25, 0.3) is 0 Å². The molecule has 2 aromatic carbocycles. The summed E-state index contributed by atoms with van der Waals surface area (Å²) in [5.41, 5.74) is 2.65. The Balaban J connectivity index is 1.83. The average molecular weight is 329 g/mol. The molecule has 0 bridgehead atoms. The Morgan fingerprint density at radius 1 is 1.13 bits per heavy atom. The molecule has 2 aromatic rings. The van der Waals surface area contributed by atoms with E-state index in [0.717, 1.165) is 17.7 Å². The van der Waals surface area contributed by atoms with Crippen molar-refractivity contribution in [1.29, 1.82) is 0 Å². The number of benzene rings is 2. The topological polar surface area (TPSA) is 40.6 Å². The quantitative estimate of drug-likeness (QED) is 0.867. The largest absolute Gasteiger partial charge is 0.310 e. The number of carbonyl (C=O) groups is 2. The van der Waals surface area contributed by atoms with Crippen molar-refractivity contribution < 1.29 is 9.59 Å².